The lowest BCUT2D eigenvalue weighted by atomic mass is 10.2. The second kappa shape index (κ2) is 8.29. The predicted molar refractivity (Wildman–Crippen MR) is 62.9 cm³/mol. The summed E-state index contributed by atoms with van der Waals surface area (Å²) in [6.45, 7) is 1.81. The fourth-order valence-electron chi connectivity index (χ4n) is 1.27. The Hall–Kier alpha value is -1.83. The molecule has 0 aliphatic rings. The van der Waals surface area contributed by atoms with Gasteiger partial charge in [-0.2, -0.15) is 0 Å². The molecule has 0 aromatic rings. The molecule has 104 valence electrons. The van der Waals surface area contributed by atoms with Crippen LogP contribution >= 0.6 is 0 Å². The van der Waals surface area contributed by atoms with E-state index in [9.17, 15) is 14.4 Å². The number of primary amides is 1. The molecule has 2 atom stereocenters. The van der Waals surface area contributed by atoms with Gasteiger partial charge >= 0.3 is 12.0 Å². The Morgan fingerprint density at radius 1 is 1.33 bits per heavy atom. The summed E-state index contributed by atoms with van der Waals surface area (Å²) in [7, 11) is 1.44. The Kier molecular flexibility index (Phi) is 7.45. The summed E-state index contributed by atoms with van der Waals surface area (Å²) in [5.41, 5.74) is 4.96. The van der Waals surface area contributed by atoms with Gasteiger partial charge in [0.25, 0.3) is 0 Å². The Labute approximate surface area is 105 Å². The van der Waals surface area contributed by atoms with Crippen LogP contribution in [0.5, 0.6) is 0 Å². The minimum Gasteiger partial charge on any atom is -0.480 e. The summed E-state index contributed by atoms with van der Waals surface area (Å²) in [5.74, 6) is -1.69. The smallest absolute Gasteiger partial charge is 0.326 e. The van der Waals surface area contributed by atoms with E-state index in [-0.39, 0.29) is 19.4 Å². The monoisotopic (exact) mass is 261 g/mol. The number of carbonyl (C=O) groups excluding carboxylic acids is 2. The third kappa shape index (κ3) is 7.44. The normalized spacial score (nSPS) is 13.4. The molecule has 0 radical (unpaired) electrons. The highest BCUT2D eigenvalue weighted by molar-refractivity contribution is 5.83. The van der Waals surface area contributed by atoms with Gasteiger partial charge in [-0.1, -0.05) is 0 Å². The van der Waals surface area contributed by atoms with Gasteiger partial charge in [-0.25, -0.2) is 9.59 Å². The molecular formula is C10H19N3O5. The fourth-order valence-corrected chi connectivity index (χ4v) is 1.27. The maximum absolute atomic E-state index is 11.4. The summed E-state index contributed by atoms with van der Waals surface area (Å²) < 4.78 is 4.74. The first-order valence-electron chi connectivity index (χ1n) is 5.44. The zero-order chi connectivity index (χ0) is 14.1. The SMILES string of the molecule is COCCC(NC(=O)NC(C)CC(N)=O)C(=O)O. The van der Waals surface area contributed by atoms with E-state index < -0.39 is 30.0 Å². The van der Waals surface area contributed by atoms with Gasteiger partial charge in [0.05, 0.1) is 0 Å². The first-order valence-corrected chi connectivity index (χ1v) is 5.44. The summed E-state index contributed by atoms with van der Waals surface area (Å²) in [6, 6.07) is -2.16. The number of rotatable bonds is 8. The van der Waals surface area contributed by atoms with Crippen molar-refractivity contribution in [3.8, 4) is 0 Å². The minimum atomic E-state index is -1.15. The number of hydrogen-bond donors (Lipinski definition) is 4. The molecule has 0 aliphatic carbocycles. The van der Waals surface area contributed by atoms with Crippen LogP contribution in [0.2, 0.25) is 0 Å². The molecule has 0 aromatic carbocycles. The van der Waals surface area contributed by atoms with Crippen LogP contribution in [0.4, 0.5) is 4.79 Å². The molecule has 0 spiro atoms. The molecule has 8 nitrogen and oxygen atoms in total. The number of aliphatic carboxylic acids is 1. The number of hydrogen-bond acceptors (Lipinski definition) is 4. The van der Waals surface area contributed by atoms with Crippen LogP contribution in [0.15, 0.2) is 0 Å². The van der Waals surface area contributed by atoms with Crippen LogP contribution < -0.4 is 16.4 Å². The Bertz CT molecular complexity index is 308. The average molecular weight is 261 g/mol. The summed E-state index contributed by atoms with van der Waals surface area (Å²) in [5, 5.41) is 13.5. The number of nitrogens with two attached hydrogens (primary N) is 1. The van der Waals surface area contributed by atoms with E-state index in [0.29, 0.717) is 0 Å². The number of carbonyl (C=O) groups is 3. The zero-order valence-corrected chi connectivity index (χ0v) is 10.4. The van der Waals surface area contributed by atoms with Gasteiger partial charge in [0.2, 0.25) is 5.91 Å². The Morgan fingerprint density at radius 3 is 2.39 bits per heavy atom. The van der Waals surface area contributed by atoms with Crippen molar-refractivity contribution in [2.45, 2.75) is 31.8 Å². The van der Waals surface area contributed by atoms with E-state index in [4.69, 9.17) is 15.6 Å². The number of amides is 3. The predicted octanol–water partition coefficient (Wildman–Crippen LogP) is -0.961. The van der Waals surface area contributed by atoms with Crippen molar-refractivity contribution in [2.75, 3.05) is 13.7 Å². The Morgan fingerprint density at radius 2 is 1.94 bits per heavy atom. The molecule has 0 saturated heterocycles. The lowest BCUT2D eigenvalue weighted by molar-refractivity contribution is -0.139. The molecule has 2 unspecified atom stereocenters. The van der Waals surface area contributed by atoms with Gasteiger partial charge in [-0.3, -0.25) is 4.79 Å². The van der Waals surface area contributed by atoms with Crippen LogP contribution in [0.3, 0.4) is 0 Å². The summed E-state index contributed by atoms with van der Waals surface area (Å²) in [6.07, 6.45) is 0.146. The highest BCUT2D eigenvalue weighted by Crippen LogP contribution is 1.94. The van der Waals surface area contributed by atoms with Crippen LogP contribution in [-0.2, 0) is 14.3 Å². The van der Waals surface area contributed by atoms with Gasteiger partial charge in [-0.15, -0.1) is 0 Å². The Balaban J connectivity index is 4.16. The quantitative estimate of drug-likeness (QED) is 0.447. The molecule has 3 amide bonds. The third-order valence-corrected chi connectivity index (χ3v) is 2.10. The number of urea groups is 1. The van der Waals surface area contributed by atoms with Crippen LogP contribution in [0.25, 0.3) is 0 Å². The van der Waals surface area contributed by atoms with Crippen molar-refractivity contribution in [3.63, 3.8) is 0 Å². The lowest BCUT2D eigenvalue weighted by Crippen LogP contribution is -2.49. The van der Waals surface area contributed by atoms with Gasteiger partial charge in [-0.05, 0) is 6.92 Å². The molecule has 0 bridgehead atoms. The van der Waals surface area contributed by atoms with Crippen molar-refractivity contribution < 1.29 is 24.2 Å². The molecular weight excluding hydrogens is 242 g/mol. The second-order valence-electron chi connectivity index (χ2n) is 3.86. The zero-order valence-electron chi connectivity index (χ0n) is 10.4. The number of ether oxygens (including phenoxy) is 1. The molecule has 18 heavy (non-hydrogen) atoms. The van der Waals surface area contributed by atoms with E-state index in [1.165, 1.54) is 7.11 Å². The van der Waals surface area contributed by atoms with Crippen molar-refractivity contribution >= 4 is 17.9 Å². The van der Waals surface area contributed by atoms with Crippen molar-refractivity contribution in [3.05, 3.63) is 0 Å². The lowest BCUT2D eigenvalue weighted by Gasteiger charge is -2.17. The molecule has 0 aromatic heterocycles. The fraction of sp³-hybridized carbons (Fsp3) is 0.700. The van der Waals surface area contributed by atoms with E-state index in [1.54, 1.807) is 6.92 Å². The maximum atomic E-state index is 11.4. The first kappa shape index (κ1) is 16.2. The van der Waals surface area contributed by atoms with Crippen LogP contribution in [-0.4, -0.2) is 48.8 Å². The van der Waals surface area contributed by atoms with Gasteiger partial charge in [0, 0.05) is 32.6 Å². The second-order valence-corrected chi connectivity index (χ2v) is 3.86. The van der Waals surface area contributed by atoms with Crippen LogP contribution in [0, 0.1) is 0 Å². The summed E-state index contributed by atoms with van der Waals surface area (Å²) >= 11 is 0. The van der Waals surface area contributed by atoms with Gasteiger partial charge < -0.3 is 26.2 Å². The topological polar surface area (TPSA) is 131 Å². The third-order valence-electron chi connectivity index (χ3n) is 2.10. The van der Waals surface area contributed by atoms with Gasteiger partial charge in [0.15, 0.2) is 0 Å². The van der Waals surface area contributed by atoms with E-state index >= 15 is 0 Å². The average Bonchev–Trinajstić information content (AvgIpc) is 2.22. The number of carboxylic acids is 1. The molecule has 5 N–H and O–H groups in total. The number of methoxy groups -OCH3 is 1. The van der Waals surface area contributed by atoms with E-state index in [1.807, 2.05) is 0 Å². The number of carboxylic acid groups (broad SMARTS) is 1. The molecule has 0 aliphatic heterocycles. The highest BCUT2D eigenvalue weighted by Gasteiger charge is 2.20. The van der Waals surface area contributed by atoms with Crippen molar-refractivity contribution in [1.29, 1.82) is 0 Å². The minimum absolute atomic E-state index is 0.0107. The number of nitrogens with one attached hydrogen (secondary N) is 2. The highest BCUT2D eigenvalue weighted by atomic mass is 16.5. The first-order chi connectivity index (χ1) is 8.36. The van der Waals surface area contributed by atoms with Crippen LogP contribution in [0.1, 0.15) is 19.8 Å². The molecule has 0 saturated carbocycles. The van der Waals surface area contributed by atoms with E-state index in [0.717, 1.165) is 0 Å². The molecule has 0 rings (SSSR count). The van der Waals surface area contributed by atoms with Crippen molar-refractivity contribution in [1.82, 2.24) is 10.6 Å². The largest absolute Gasteiger partial charge is 0.480 e. The van der Waals surface area contributed by atoms with E-state index in [2.05, 4.69) is 10.6 Å². The van der Waals surface area contributed by atoms with Crippen molar-refractivity contribution in [2.24, 2.45) is 5.73 Å². The standard InChI is InChI=1S/C10H19N3O5/c1-6(5-8(11)14)12-10(17)13-7(9(15)16)3-4-18-2/h6-7H,3-5H2,1-2H3,(H2,11,14)(H,15,16)(H2,12,13,17). The molecule has 8 heteroatoms. The molecule has 0 fully saturated rings. The molecule has 0 heterocycles. The maximum Gasteiger partial charge on any atom is 0.326 e. The summed E-state index contributed by atoms with van der Waals surface area (Å²) in [4.78, 5) is 32.9. The van der Waals surface area contributed by atoms with Gasteiger partial charge in [0.1, 0.15) is 6.04 Å².